The fraction of sp³-hybridized carbons (Fsp3) is 0.857. The third kappa shape index (κ3) is 3.47. The van der Waals surface area contributed by atoms with Crippen molar-refractivity contribution in [2.24, 2.45) is 0 Å². The number of carboxylic acid groups (broad SMARTS) is 1. The molecule has 1 amide bonds. The smallest absolute Gasteiger partial charge is 0.329 e. The Kier molecular flexibility index (Phi) is 4.80. The molecular formula is C14H24N2O3. The number of hydrogen-bond acceptors (Lipinski definition) is 3. The van der Waals surface area contributed by atoms with Gasteiger partial charge in [0.15, 0.2) is 0 Å². The number of piperidine rings is 1. The lowest BCUT2D eigenvalue weighted by Crippen LogP contribution is -2.59. The number of nitrogens with one attached hydrogen (secondary N) is 2. The standard InChI is InChI=1S/C14H24N2O3/c17-12(11-7-3-6-10-15-11)16-14(13(18)19)8-4-1-2-5-9-14/h11,15H,1-10H2,(H,16,17)(H,18,19)/t11-/m0/s1. The fourth-order valence-electron chi connectivity index (χ4n) is 3.12. The Balaban J connectivity index is 2.02. The quantitative estimate of drug-likeness (QED) is 0.676. The van der Waals surface area contributed by atoms with Gasteiger partial charge in [-0.2, -0.15) is 0 Å². The van der Waals surface area contributed by atoms with Crippen molar-refractivity contribution in [2.45, 2.75) is 69.4 Å². The summed E-state index contributed by atoms with van der Waals surface area (Å²) in [7, 11) is 0. The summed E-state index contributed by atoms with van der Waals surface area (Å²) < 4.78 is 0. The lowest BCUT2D eigenvalue weighted by atomic mass is 9.89. The van der Waals surface area contributed by atoms with E-state index >= 15 is 0 Å². The zero-order chi connectivity index (χ0) is 13.7. The summed E-state index contributed by atoms with van der Waals surface area (Å²) in [6.07, 6.45) is 7.93. The molecular weight excluding hydrogens is 244 g/mol. The molecule has 2 rings (SSSR count). The second kappa shape index (κ2) is 6.37. The van der Waals surface area contributed by atoms with E-state index in [0.29, 0.717) is 12.8 Å². The number of hydrogen-bond donors (Lipinski definition) is 3. The van der Waals surface area contributed by atoms with Crippen LogP contribution in [-0.2, 0) is 9.59 Å². The topological polar surface area (TPSA) is 78.4 Å². The molecule has 1 aliphatic heterocycles. The molecule has 0 bridgehead atoms. The van der Waals surface area contributed by atoms with E-state index in [-0.39, 0.29) is 11.9 Å². The van der Waals surface area contributed by atoms with Crippen LogP contribution in [0.1, 0.15) is 57.8 Å². The summed E-state index contributed by atoms with van der Waals surface area (Å²) >= 11 is 0. The third-order valence-electron chi connectivity index (χ3n) is 4.36. The first-order valence-electron chi connectivity index (χ1n) is 7.43. The summed E-state index contributed by atoms with van der Waals surface area (Å²) in [4.78, 5) is 23.9. The number of carbonyl (C=O) groups excluding carboxylic acids is 1. The molecule has 1 atom stereocenters. The second-order valence-electron chi connectivity index (χ2n) is 5.79. The van der Waals surface area contributed by atoms with Crippen molar-refractivity contribution in [3.05, 3.63) is 0 Å². The maximum absolute atomic E-state index is 12.3. The number of rotatable bonds is 3. The first-order chi connectivity index (χ1) is 9.14. The average molecular weight is 268 g/mol. The summed E-state index contributed by atoms with van der Waals surface area (Å²) in [6.45, 7) is 0.845. The largest absolute Gasteiger partial charge is 0.480 e. The summed E-state index contributed by atoms with van der Waals surface area (Å²) in [5.41, 5.74) is -1.04. The van der Waals surface area contributed by atoms with E-state index in [0.717, 1.165) is 51.5 Å². The van der Waals surface area contributed by atoms with Gasteiger partial charge < -0.3 is 15.7 Å². The Bertz CT molecular complexity index is 330. The molecule has 2 aliphatic rings. The predicted molar refractivity (Wildman–Crippen MR) is 71.9 cm³/mol. The Hall–Kier alpha value is -1.10. The molecule has 108 valence electrons. The van der Waals surface area contributed by atoms with Gasteiger partial charge >= 0.3 is 5.97 Å². The highest BCUT2D eigenvalue weighted by atomic mass is 16.4. The third-order valence-corrected chi connectivity index (χ3v) is 4.36. The van der Waals surface area contributed by atoms with E-state index in [2.05, 4.69) is 10.6 Å². The van der Waals surface area contributed by atoms with Crippen LogP contribution in [0.4, 0.5) is 0 Å². The van der Waals surface area contributed by atoms with Crippen LogP contribution >= 0.6 is 0 Å². The van der Waals surface area contributed by atoms with Crippen LogP contribution in [0.2, 0.25) is 0 Å². The van der Waals surface area contributed by atoms with Crippen molar-refractivity contribution in [3.8, 4) is 0 Å². The molecule has 0 aromatic heterocycles. The Morgan fingerprint density at radius 2 is 1.74 bits per heavy atom. The van der Waals surface area contributed by atoms with Crippen LogP contribution in [0.25, 0.3) is 0 Å². The molecule has 3 N–H and O–H groups in total. The van der Waals surface area contributed by atoms with Crippen LogP contribution in [0.15, 0.2) is 0 Å². The zero-order valence-electron chi connectivity index (χ0n) is 11.4. The van der Waals surface area contributed by atoms with Gasteiger partial charge in [0.2, 0.25) is 5.91 Å². The predicted octanol–water partition coefficient (Wildman–Crippen LogP) is 1.42. The van der Waals surface area contributed by atoms with Gasteiger partial charge in [0, 0.05) is 0 Å². The SMILES string of the molecule is O=C(NC1(C(=O)O)CCCCCC1)[C@@H]1CCCCN1. The lowest BCUT2D eigenvalue weighted by Gasteiger charge is -2.32. The minimum absolute atomic E-state index is 0.135. The maximum Gasteiger partial charge on any atom is 0.329 e. The van der Waals surface area contributed by atoms with Gasteiger partial charge in [-0.05, 0) is 32.2 Å². The van der Waals surface area contributed by atoms with Crippen molar-refractivity contribution >= 4 is 11.9 Å². The summed E-state index contributed by atoms with van der Waals surface area (Å²) in [5.74, 6) is -1.01. The molecule has 5 heteroatoms. The monoisotopic (exact) mass is 268 g/mol. The minimum Gasteiger partial charge on any atom is -0.480 e. The molecule has 2 fully saturated rings. The molecule has 0 aromatic rings. The molecule has 0 radical (unpaired) electrons. The molecule has 0 spiro atoms. The van der Waals surface area contributed by atoms with Gasteiger partial charge in [-0.3, -0.25) is 4.79 Å². The molecule has 5 nitrogen and oxygen atoms in total. The molecule has 1 aliphatic carbocycles. The van der Waals surface area contributed by atoms with Gasteiger partial charge in [0.25, 0.3) is 0 Å². The second-order valence-corrected chi connectivity index (χ2v) is 5.79. The highest BCUT2D eigenvalue weighted by Crippen LogP contribution is 2.28. The Morgan fingerprint density at radius 3 is 2.26 bits per heavy atom. The highest BCUT2D eigenvalue weighted by Gasteiger charge is 2.41. The summed E-state index contributed by atoms with van der Waals surface area (Å²) in [6, 6.07) is -0.215. The van der Waals surface area contributed by atoms with Gasteiger partial charge in [-0.15, -0.1) is 0 Å². The van der Waals surface area contributed by atoms with Crippen LogP contribution < -0.4 is 10.6 Å². The highest BCUT2D eigenvalue weighted by molar-refractivity contribution is 5.89. The zero-order valence-corrected chi connectivity index (χ0v) is 11.4. The number of carboxylic acids is 1. The number of carbonyl (C=O) groups is 2. The van der Waals surface area contributed by atoms with Crippen LogP contribution in [0.3, 0.4) is 0 Å². The molecule has 1 saturated carbocycles. The molecule has 0 unspecified atom stereocenters. The number of aliphatic carboxylic acids is 1. The average Bonchev–Trinajstić information content (AvgIpc) is 2.66. The van der Waals surface area contributed by atoms with E-state index < -0.39 is 11.5 Å². The summed E-state index contributed by atoms with van der Waals surface area (Å²) in [5, 5.41) is 15.5. The van der Waals surface area contributed by atoms with Crippen LogP contribution in [0.5, 0.6) is 0 Å². The van der Waals surface area contributed by atoms with Gasteiger partial charge in [-0.1, -0.05) is 32.1 Å². The van der Waals surface area contributed by atoms with Gasteiger partial charge in [0.1, 0.15) is 5.54 Å². The first-order valence-corrected chi connectivity index (χ1v) is 7.43. The normalized spacial score (nSPS) is 27.3. The minimum atomic E-state index is -1.04. The van der Waals surface area contributed by atoms with Crippen molar-refractivity contribution < 1.29 is 14.7 Å². The van der Waals surface area contributed by atoms with Crippen LogP contribution in [0, 0.1) is 0 Å². The van der Waals surface area contributed by atoms with E-state index in [1.165, 1.54) is 0 Å². The van der Waals surface area contributed by atoms with E-state index in [4.69, 9.17) is 0 Å². The van der Waals surface area contributed by atoms with Crippen molar-refractivity contribution in [1.82, 2.24) is 10.6 Å². The number of amides is 1. The lowest BCUT2D eigenvalue weighted by molar-refractivity contribution is -0.148. The molecule has 1 heterocycles. The van der Waals surface area contributed by atoms with E-state index in [9.17, 15) is 14.7 Å². The van der Waals surface area contributed by atoms with E-state index in [1.807, 2.05) is 0 Å². The van der Waals surface area contributed by atoms with Gasteiger partial charge in [0.05, 0.1) is 6.04 Å². The van der Waals surface area contributed by atoms with Crippen molar-refractivity contribution in [1.29, 1.82) is 0 Å². The van der Waals surface area contributed by atoms with E-state index in [1.54, 1.807) is 0 Å². The van der Waals surface area contributed by atoms with Crippen molar-refractivity contribution in [2.75, 3.05) is 6.54 Å². The first kappa shape index (κ1) is 14.3. The fourth-order valence-corrected chi connectivity index (χ4v) is 3.12. The Labute approximate surface area is 114 Å². The molecule has 0 aromatic carbocycles. The molecule has 1 saturated heterocycles. The van der Waals surface area contributed by atoms with Gasteiger partial charge in [-0.25, -0.2) is 4.79 Å². The van der Waals surface area contributed by atoms with Crippen LogP contribution in [-0.4, -0.2) is 35.1 Å². The Morgan fingerprint density at radius 1 is 1.05 bits per heavy atom. The van der Waals surface area contributed by atoms with Crippen molar-refractivity contribution in [3.63, 3.8) is 0 Å². The molecule has 19 heavy (non-hydrogen) atoms. The maximum atomic E-state index is 12.3.